The number of fused-ring (bicyclic) bond motifs is 9. The van der Waals surface area contributed by atoms with Crippen LogP contribution in [0.15, 0.2) is 257 Å². The molecule has 70 heavy (non-hydrogen) atoms. The molecular formula is C65H42N4O. The third-order valence-electron chi connectivity index (χ3n) is 14.1. The van der Waals surface area contributed by atoms with Gasteiger partial charge in [-0.3, -0.25) is 0 Å². The predicted octanol–water partition coefficient (Wildman–Crippen LogP) is 16.5. The third-order valence-corrected chi connectivity index (χ3v) is 14.1. The Morgan fingerprint density at radius 1 is 0.386 bits per heavy atom. The van der Waals surface area contributed by atoms with Crippen LogP contribution in [0, 0.1) is 0 Å². The summed E-state index contributed by atoms with van der Waals surface area (Å²) in [6.45, 7) is 0. The van der Waals surface area contributed by atoms with E-state index in [2.05, 4.69) is 240 Å². The van der Waals surface area contributed by atoms with Crippen LogP contribution in [0.5, 0.6) is 0 Å². The Bertz CT molecular complexity index is 4240. The highest BCUT2D eigenvalue weighted by Crippen LogP contribution is 2.41. The van der Waals surface area contributed by atoms with E-state index in [-0.39, 0.29) is 0 Å². The van der Waals surface area contributed by atoms with Gasteiger partial charge in [-0.15, -0.1) is 0 Å². The molecule has 0 spiro atoms. The topological polar surface area (TPSA) is 54.8 Å². The van der Waals surface area contributed by atoms with E-state index in [1.54, 1.807) is 0 Å². The highest BCUT2D eigenvalue weighted by atomic mass is 16.3. The molecule has 5 nitrogen and oxygen atoms in total. The molecule has 3 heterocycles. The Balaban J connectivity index is 0.994. The van der Waals surface area contributed by atoms with Gasteiger partial charge in [-0.25, -0.2) is 9.98 Å². The molecule has 0 saturated carbocycles. The van der Waals surface area contributed by atoms with Crippen molar-refractivity contribution in [3.05, 3.63) is 259 Å². The summed E-state index contributed by atoms with van der Waals surface area (Å²) in [6, 6.07) is 86.6. The number of para-hydroxylation sites is 1. The highest BCUT2D eigenvalue weighted by Gasteiger charge is 2.25. The number of nitrogens with one attached hydrogen (secondary N) is 1. The summed E-state index contributed by atoms with van der Waals surface area (Å²) < 4.78 is 8.82. The molecule has 1 aliphatic rings. The fraction of sp³-hybridized carbons (Fsp3) is 0.0154. The zero-order valence-corrected chi connectivity index (χ0v) is 37.9. The summed E-state index contributed by atoms with van der Waals surface area (Å²) in [5.74, 6) is 1.41. The van der Waals surface area contributed by atoms with Crippen LogP contribution in [-0.2, 0) is 0 Å². The van der Waals surface area contributed by atoms with Crippen LogP contribution >= 0.6 is 0 Å². The van der Waals surface area contributed by atoms with Gasteiger partial charge < -0.3 is 14.3 Å². The van der Waals surface area contributed by atoms with Gasteiger partial charge in [0.2, 0.25) is 0 Å². The number of benzene rings is 11. The molecular weight excluding hydrogens is 853 g/mol. The maximum Gasteiger partial charge on any atom is 0.160 e. The van der Waals surface area contributed by atoms with E-state index in [1.807, 2.05) is 12.1 Å². The maximum absolute atomic E-state index is 6.38. The van der Waals surface area contributed by atoms with E-state index in [9.17, 15) is 0 Å². The largest absolute Gasteiger partial charge is 0.456 e. The Labute approximate surface area is 404 Å². The third kappa shape index (κ3) is 6.70. The Morgan fingerprint density at radius 2 is 0.986 bits per heavy atom. The monoisotopic (exact) mass is 894 g/mol. The van der Waals surface area contributed by atoms with Gasteiger partial charge in [0.15, 0.2) is 5.84 Å². The number of amidine groups is 2. The number of furan rings is 1. The second-order valence-corrected chi connectivity index (χ2v) is 18.2. The molecule has 1 aliphatic heterocycles. The van der Waals surface area contributed by atoms with Crippen LogP contribution < -0.4 is 5.32 Å². The molecule has 328 valence electrons. The van der Waals surface area contributed by atoms with Crippen molar-refractivity contribution in [2.45, 2.75) is 6.17 Å². The molecule has 1 atom stereocenters. The standard InChI is InChI=1S/C65H42N4O/c1-3-13-41(14-4-1)43-23-27-46(28-24-43)63-66-64(47-29-25-44(26-30-47)42-15-5-2-6-16-42)68-65(67-63)54-34-33-51(40-55(54)50-32-36-61-56(38-50)53-21-11-12-22-60(53)70-61)69-58-35-31-45-17-9-10-20-52(45)62(58)57-37-48-18-7-8-19-49(48)39-59(57)69/h1-40,63H,(H,66,67,68). The fourth-order valence-electron chi connectivity index (χ4n) is 10.6. The van der Waals surface area contributed by atoms with Crippen LogP contribution in [0.25, 0.3) is 104 Å². The summed E-state index contributed by atoms with van der Waals surface area (Å²) in [6.07, 6.45) is -0.409. The second-order valence-electron chi connectivity index (χ2n) is 18.2. The van der Waals surface area contributed by atoms with E-state index in [1.165, 1.54) is 43.4 Å². The van der Waals surface area contributed by atoms with Gasteiger partial charge in [0.05, 0.1) is 11.0 Å². The number of nitrogens with zero attached hydrogens (tertiary/aromatic N) is 3. The first kappa shape index (κ1) is 39.8. The zero-order valence-electron chi connectivity index (χ0n) is 37.9. The molecule has 5 heteroatoms. The van der Waals surface area contributed by atoms with Crippen LogP contribution in [0.1, 0.15) is 22.9 Å². The van der Waals surface area contributed by atoms with Crippen LogP contribution in [0.2, 0.25) is 0 Å². The van der Waals surface area contributed by atoms with Crippen molar-refractivity contribution in [2.24, 2.45) is 9.98 Å². The second kappa shape index (κ2) is 16.2. The quantitative estimate of drug-likeness (QED) is 0.173. The lowest BCUT2D eigenvalue weighted by Crippen LogP contribution is -2.33. The summed E-state index contributed by atoms with van der Waals surface area (Å²) in [5, 5.41) is 13.2. The minimum atomic E-state index is -0.409. The van der Waals surface area contributed by atoms with Crippen LogP contribution in [-0.4, -0.2) is 16.2 Å². The molecule has 1 N–H and O–H groups in total. The van der Waals surface area contributed by atoms with Gasteiger partial charge in [-0.2, -0.15) is 0 Å². The van der Waals surface area contributed by atoms with Crippen molar-refractivity contribution < 1.29 is 4.42 Å². The minimum absolute atomic E-state index is 0.409. The fourth-order valence-corrected chi connectivity index (χ4v) is 10.6. The molecule has 13 aromatic rings. The van der Waals surface area contributed by atoms with Crippen LogP contribution in [0.4, 0.5) is 0 Å². The molecule has 0 aliphatic carbocycles. The SMILES string of the molecule is c1ccc(-c2ccc(C3=NC(c4ccc(-n5c6cc7ccccc7cc6c6c7ccccc7ccc65)cc4-c4ccc5oc6ccccc6c5c4)=NC(c4ccc(-c5ccccc5)cc4)N3)cc2)cc1. The van der Waals surface area contributed by atoms with E-state index in [4.69, 9.17) is 14.4 Å². The summed E-state index contributed by atoms with van der Waals surface area (Å²) in [5.41, 5.74) is 14.7. The molecule has 0 amide bonds. The molecule has 0 fully saturated rings. The predicted molar refractivity (Wildman–Crippen MR) is 291 cm³/mol. The van der Waals surface area contributed by atoms with Crippen LogP contribution in [0.3, 0.4) is 0 Å². The zero-order chi connectivity index (χ0) is 46.1. The van der Waals surface area contributed by atoms with Crippen molar-refractivity contribution in [1.29, 1.82) is 0 Å². The number of rotatable bonds is 7. The summed E-state index contributed by atoms with van der Waals surface area (Å²) >= 11 is 0. The van der Waals surface area contributed by atoms with Crippen molar-refractivity contribution in [1.82, 2.24) is 9.88 Å². The normalized spacial score (nSPS) is 13.9. The van der Waals surface area contributed by atoms with Crippen molar-refractivity contribution >= 4 is 77.0 Å². The van der Waals surface area contributed by atoms with Gasteiger partial charge >= 0.3 is 0 Å². The smallest absolute Gasteiger partial charge is 0.160 e. The van der Waals surface area contributed by atoms with E-state index >= 15 is 0 Å². The Morgan fingerprint density at radius 3 is 1.74 bits per heavy atom. The van der Waals surface area contributed by atoms with Gasteiger partial charge in [-0.05, 0) is 115 Å². The first-order valence-electron chi connectivity index (χ1n) is 23.8. The lowest BCUT2D eigenvalue weighted by Gasteiger charge is -2.25. The van der Waals surface area contributed by atoms with Crippen molar-refractivity contribution in [3.63, 3.8) is 0 Å². The Kier molecular flexibility index (Phi) is 9.20. The van der Waals surface area contributed by atoms with Crippen molar-refractivity contribution in [3.8, 4) is 39.1 Å². The molecule has 11 aromatic carbocycles. The molecule has 0 bridgehead atoms. The molecule has 0 saturated heterocycles. The first-order chi connectivity index (χ1) is 34.7. The highest BCUT2D eigenvalue weighted by molar-refractivity contribution is 6.23. The van der Waals surface area contributed by atoms with Gasteiger partial charge in [0, 0.05) is 38.4 Å². The van der Waals surface area contributed by atoms with E-state index in [0.29, 0.717) is 5.84 Å². The average Bonchev–Trinajstić information content (AvgIpc) is 3.98. The van der Waals surface area contributed by atoms with Gasteiger partial charge in [-0.1, -0.05) is 188 Å². The van der Waals surface area contributed by atoms with E-state index in [0.717, 1.165) is 83.4 Å². The molecule has 14 rings (SSSR count). The Hall–Kier alpha value is -9.32. The lowest BCUT2D eigenvalue weighted by atomic mass is 9.96. The van der Waals surface area contributed by atoms with Crippen molar-refractivity contribution in [2.75, 3.05) is 0 Å². The lowest BCUT2D eigenvalue weighted by molar-refractivity contribution is 0.669. The average molecular weight is 895 g/mol. The number of aliphatic imine (C=N–C) groups is 2. The first-order valence-corrected chi connectivity index (χ1v) is 23.8. The molecule has 1 unspecified atom stereocenters. The minimum Gasteiger partial charge on any atom is -0.456 e. The molecule has 2 aromatic heterocycles. The number of hydrogen-bond acceptors (Lipinski definition) is 4. The molecule has 0 radical (unpaired) electrons. The maximum atomic E-state index is 6.38. The summed E-state index contributed by atoms with van der Waals surface area (Å²) in [4.78, 5) is 11.0. The number of hydrogen-bond donors (Lipinski definition) is 1. The van der Waals surface area contributed by atoms with Gasteiger partial charge in [0.25, 0.3) is 0 Å². The summed E-state index contributed by atoms with van der Waals surface area (Å²) in [7, 11) is 0. The van der Waals surface area contributed by atoms with Gasteiger partial charge in [0.1, 0.15) is 23.2 Å². The van der Waals surface area contributed by atoms with E-state index < -0.39 is 6.17 Å². The number of aromatic nitrogens is 1.